The van der Waals surface area contributed by atoms with E-state index < -0.39 is 0 Å². The van der Waals surface area contributed by atoms with Crippen LogP contribution in [-0.2, 0) is 0 Å². The summed E-state index contributed by atoms with van der Waals surface area (Å²) in [6, 6.07) is 9.19. The van der Waals surface area contributed by atoms with Gasteiger partial charge in [-0.3, -0.25) is 5.32 Å². The van der Waals surface area contributed by atoms with E-state index >= 15 is 0 Å². The second kappa shape index (κ2) is 6.92. The molecule has 0 unspecified atom stereocenters. The molecular weight excluding hydrogens is 362 g/mol. The van der Waals surface area contributed by atoms with Gasteiger partial charge in [-0.15, -0.1) is 11.3 Å². The molecule has 27 heavy (non-hydrogen) atoms. The summed E-state index contributed by atoms with van der Waals surface area (Å²) >= 11 is 1.40. The smallest absolute Gasteiger partial charge is 0.325 e. The van der Waals surface area contributed by atoms with E-state index in [0.29, 0.717) is 22.3 Å². The first-order valence-electron chi connectivity index (χ1n) is 8.51. The lowest BCUT2D eigenvalue weighted by molar-refractivity contribution is 0.174. The Morgan fingerprint density at radius 3 is 2.56 bits per heavy atom. The van der Waals surface area contributed by atoms with Crippen molar-refractivity contribution in [1.29, 1.82) is 0 Å². The molecule has 2 aromatic carbocycles. The number of nitrogens with zero attached hydrogens (tertiary/aromatic N) is 1. The summed E-state index contributed by atoms with van der Waals surface area (Å²) in [4.78, 5) is 16.9. The molecule has 0 atom stereocenters. The number of nitrogens with one attached hydrogen (secondary N) is 2. The van der Waals surface area contributed by atoms with E-state index in [1.807, 2.05) is 5.38 Å². The quantitative estimate of drug-likeness (QED) is 0.661. The van der Waals surface area contributed by atoms with E-state index in [9.17, 15) is 4.79 Å². The number of carbonyl (C=O) groups is 1. The molecule has 0 saturated carbocycles. The Labute approximate surface area is 161 Å². The number of rotatable bonds is 3. The number of thiazole rings is 1. The summed E-state index contributed by atoms with van der Waals surface area (Å²) in [5, 5.41) is 8.07. The van der Waals surface area contributed by atoms with Gasteiger partial charge in [0.1, 0.15) is 0 Å². The molecule has 1 aliphatic rings. The van der Waals surface area contributed by atoms with Crippen LogP contribution in [0.4, 0.5) is 15.6 Å². The molecule has 2 heterocycles. The van der Waals surface area contributed by atoms with Gasteiger partial charge in [0, 0.05) is 22.7 Å². The molecule has 1 aromatic heterocycles. The molecule has 2 amide bonds. The van der Waals surface area contributed by atoms with Crippen molar-refractivity contribution >= 4 is 28.2 Å². The Bertz CT molecular complexity index is 1010. The van der Waals surface area contributed by atoms with E-state index in [2.05, 4.69) is 48.5 Å². The lowest BCUT2D eigenvalue weighted by atomic mass is 9.98. The summed E-state index contributed by atoms with van der Waals surface area (Å²) in [5.74, 6) is 1.30. The molecule has 0 bridgehead atoms. The minimum Gasteiger partial charge on any atom is -0.454 e. The number of anilines is 2. The van der Waals surface area contributed by atoms with Gasteiger partial charge in [-0.05, 0) is 44.0 Å². The number of aromatic nitrogens is 1. The number of ether oxygens (including phenoxy) is 2. The van der Waals surface area contributed by atoms with E-state index in [1.54, 1.807) is 18.2 Å². The first kappa shape index (κ1) is 17.4. The van der Waals surface area contributed by atoms with Gasteiger partial charge < -0.3 is 14.8 Å². The van der Waals surface area contributed by atoms with Gasteiger partial charge in [0.2, 0.25) is 6.79 Å². The number of benzene rings is 2. The Morgan fingerprint density at radius 1 is 1.04 bits per heavy atom. The third-order valence-electron chi connectivity index (χ3n) is 4.29. The van der Waals surface area contributed by atoms with Gasteiger partial charge in [-0.25, -0.2) is 9.78 Å². The SMILES string of the molecule is Cc1cc(C)c(-c2csc(NC(=O)Nc3ccc4c(c3)OCO4)n2)c(C)c1. The monoisotopic (exact) mass is 381 g/mol. The highest BCUT2D eigenvalue weighted by atomic mass is 32.1. The molecule has 0 aliphatic carbocycles. The summed E-state index contributed by atoms with van der Waals surface area (Å²) in [5.41, 5.74) is 6.18. The van der Waals surface area contributed by atoms with Gasteiger partial charge in [0.15, 0.2) is 16.6 Å². The minimum atomic E-state index is -0.355. The number of carbonyl (C=O) groups excluding carboxylic acids is 1. The maximum atomic E-state index is 12.3. The third kappa shape index (κ3) is 3.59. The maximum absolute atomic E-state index is 12.3. The summed E-state index contributed by atoms with van der Waals surface area (Å²) in [6.45, 7) is 6.44. The van der Waals surface area contributed by atoms with Crippen molar-refractivity contribution in [3.8, 4) is 22.8 Å². The molecule has 1 aliphatic heterocycles. The Kier molecular flexibility index (Phi) is 4.45. The fourth-order valence-electron chi connectivity index (χ4n) is 3.26. The fraction of sp³-hybridized carbons (Fsp3) is 0.200. The van der Waals surface area contributed by atoms with E-state index in [1.165, 1.54) is 28.0 Å². The van der Waals surface area contributed by atoms with Crippen LogP contribution < -0.4 is 20.1 Å². The van der Waals surface area contributed by atoms with Crippen molar-refractivity contribution in [3.63, 3.8) is 0 Å². The Hall–Kier alpha value is -3.06. The molecule has 138 valence electrons. The number of aryl methyl sites for hydroxylation is 3. The standard InChI is InChI=1S/C20H19N3O3S/c1-11-6-12(2)18(13(3)7-11)15-9-27-20(22-15)23-19(24)21-14-4-5-16-17(8-14)26-10-25-16/h4-9H,10H2,1-3H3,(H2,21,22,23,24). The van der Waals surface area contributed by atoms with Gasteiger partial charge in [-0.2, -0.15) is 0 Å². The highest BCUT2D eigenvalue weighted by Crippen LogP contribution is 2.34. The summed E-state index contributed by atoms with van der Waals surface area (Å²) in [6.07, 6.45) is 0. The van der Waals surface area contributed by atoms with Crippen LogP contribution in [0.2, 0.25) is 0 Å². The Balaban J connectivity index is 1.47. The zero-order valence-corrected chi connectivity index (χ0v) is 16.1. The second-order valence-corrected chi connectivity index (χ2v) is 7.32. The van der Waals surface area contributed by atoms with Crippen molar-refractivity contribution in [3.05, 3.63) is 52.4 Å². The zero-order chi connectivity index (χ0) is 19.0. The fourth-order valence-corrected chi connectivity index (χ4v) is 3.96. The average molecular weight is 381 g/mol. The molecule has 4 rings (SSSR count). The van der Waals surface area contributed by atoms with E-state index in [-0.39, 0.29) is 12.8 Å². The number of amides is 2. The Morgan fingerprint density at radius 2 is 1.78 bits per heavy atom. The van der Waals surface area contributed by atoms with Crippen molar-refractivity contribution in [2.24, 2.45) is 0 Å². The van der Waals surface area contributed by atoms with Gasteiger partial charge >= 0.3 is 6.03 Å². The second-order valence-electron chi connectivity index (χ2n) is 6.46. The van der Waals surface area contributed by atoms with Gasteiger partial charge in [-0.1, -0.05) is 17.7 Å². The molecule has 0 fully saturated rings. The normalized spacial score (nSPS) is 12.1. The molecular formula is C20H19N3O3S. The van der Waals surface area contributed by atoms with Gasteiger partial charge in [0.25, 0.3) is 0 Å². The molecule has 0 saturated heterocycles. The number of hydrogen-bond acceptors (Lipinski definition) is 5. The van der Waals surface area contributed by atoms with Crippen molar-refractivity contribution in [2.75, 3.05) is 17.4 Å². The van der Waals surface area contributed by atoms with Crippen molar-refractivity contribution < 1.29 is 14.3 Å². The van der Waals surface area contributed by atoms with E-state index in [4.69, 9.17) is 9.47 Å². The first-order valence-corrected chi connectivity index (χ1v) is 9.39. The maximum Gasteiger partial charge on any atom is 0.325 e. The van der Waals surface area contributed by atoms with Crippen LogP contribution in [0.5, 0.6) is 11.5 Å². The molecule has 0 spiro atoms. The van der Waals surface area contributed by atoms with Crippen molar-refractivity contribution in [2.45, 2.75) is 20.8 Å². The van der Waals surface area contributed by atoms with Crippen LogP contribution in [0.15, 0.2) is 35.7 Å². The molecule has 2 N–H and O–H groups in total. The highest BCUT2D eigenvalue weighted by Gasteiger charge is 2.15. The lowest BCUT2D eigenvalue weighted by Gasteiger charge is -2.09. The zero-order valence-electron chi connectivity index (χ0n) is 15.3. The highest BCUT2D eigenvalue weighted by molar-refractivity contribution is 7.14. The van der Waals surface area contributed by atoms with Crippen LogP contribution >= 0.6 is 11.3 Å². The van der Waals surface area contributed by atoms with Crippen LogP contribution in [0.25, 0.3) is 11.3 Å². The van der Waals surface area contributed by atoms with Crippen LogP contribution in [0.1, 0.15) is 16.7 Å². The predicted molar refractivity (Wildman–Crippen MR) is 107 cm³/mol. The average Bonchev–Trinajstić information content (AvgIpc) is 3.23. The van der Waals surface area contributed by atoms with Crippen molar-refractivity contribution in [1.82, 2.24) is 4.98 Å². The molecule has 6 nitrogen and oxygen atoms in total. The lowest BCUT2D eigenvalue weighted by Crippen LogP contribution is -2.19. The number of urea groups is 1. The van der Waals surface area contributed by atoms with E-state index in [0.717, 1.165) is 11.3 Å². The molecule has 3 aromatic rings. The number of fused-ring (bicyclic) bond motifs is 1. The summed E-state index contributed by atoms with van der Waals surface area (Å²) in [7, 11) is 0. The largest absolute Gasteiger partial charge is 0.454 e. The first-order chi connectivity index (χ1) is 13.0. The topological polar surface area (TPSA) is 72.5 Å². The summed E-state index contributed by atoms with van der Waals surface area (Å²) < 4.78 is 10.6. The van der Waals surface area contributed by atoms with Crippen LogP contribution in [0, 0.1) is 20.8 Å². The third-order valence-corrected chi connectivity index (χ3v) is 5.05. The number of hydrogen-bond donors (Lipinski definition) is 2. The van der Waals surface area contributed by atoms with Gasteiger partial charge in [0.05, 0.1) is 5.69 Å². The van der Waals surface area contributed by atoms with Crippen LogP contribution in [-0.4, -0.2) is 17.8 Å². The molecule has 0 radical (unpaired) electrons. The molecule has 7 heteroatoms. The minimum absolute atomic E-state index is 0.199. The van der Waals surface area contributed by atoms with Crippen LogP contribution in [0.3, 0.4) is 0 Å². The predicted octanol–water partition coefficient (Wildman–Crippen LogP) is 5.11.